The van der Waals surface area contributed by atoms with E-state index in [-0.39, 0.29) is 0 Å². The average Bonchev–Trinajstić information content (AvgIpc) is 2.20. The van der Waals surface area contributed by atoms with Crippen molar-refractivity contribution in [1.29, 1.82) is 0 Å². The molecule has 0 saturated carbocycles. The highest BCUT2D eigenvalue weighted by Gasteiger charge is 2.04. The van der Waals surface area contributed by atoms with Crippen LogP contribution in [0.15, 0.2) is 12.1 Å². The van der Waals surface area contributed by atoms with Gasteiger partial charge in [0, 0.05) is 0 Å². The van der Waals surface area contributed by atoms with Crippen LogP contribution in [0.2, 0.25) is 0 Å². The molecule has 1 aromatic carbocycles. The lowest BCUT2D eigenvalue weighted by molar-refractivity contribution is 0.398. The maximum Gasteiger partial charge on any atom is 0.124 e. The molecule has 0 amide bonds. The van der Waals surface area contributed by atoms with Gasteiger partial charge in [-0.15, -0.1) is 0 Å². The molecule has 0 aliphatic carbocycles. The van der Waals surface area contributed by atoms with Gasteiger partial charge in [0.2, 0.25) is 0 Å². The smallest absolute Gasteiger partial charge is 0.124 e. The normalized spacial score (nSPS) is 8.71. The van der Waals surface area contributed by atoms with Crippen LogP contribution in [0.1, 0.15) is 25.0 Å². The Kier molecular flexibility index (Phi) is 5.77. The van der Waals surface area contributed by atoms with Gasteiger partial charge >= 0.3 is 0 Å². The van der Waals surface area contributed by atoms with E-state index in [0.29, 0.717) is 0 Å². The second-order valence-electron chi connectivity index (χ2n) is 2.79. The molecule has 0 bridgehead atoms. The summed E-state index contributed by atoms with van der Waals surface area (Å²) in [6.07, 6.45) is 0. The van der Waals surface area contributed by atoms with Crippen molar-refractivity contribution in [3.8, 4) is 11.5 Å². The first kappa shape index (κ1) is 12.8. The van der Waals surface area contributed by atoms with E-state index in [1.54, 1.807) is 14.2 Å². The maximum absolute atomic E-state index is 5.22. The molecule has 0 aromatic heterocycles. The van der Waals surface area contributed by atoms with E-state index in [1.165, 1.54) is 0 Å². The van der Waals surface area contributed by atoms with Crippen LogP contribution in [0.5, 0.6) is 11.5 Å². The van der Waals surface area contributed by atoms with Crippen molar-refractivity contribution < 1.29 is 9.47 Å². The van der Waals surface area contributed by atoms with Crippen molar-refractivity contribution in [1.82, 2.24) is 0 Å². The van der Waals surface area contributed by atoms with Gasteiger partial charge in [0.05, 0.1) is 14.2 Å². The molecule has 0 unspecified atom stereocenters. The third-order valence-electron chi connectivity index (χ3n) is 1.87. The second kappa shape index (κ2) is 6.30. The molecule has 80 valence electrons. The third-order valence-corrected chi connectivity index (χ3v) is 1.87. The Morgan fingerprint density at radius 2 is 1.29 bits per heavy atom. The Bertz CT molecular complexity index is 257. The zero-order valence-corrected chi connectivity index (χ0v) is 9.97. The molecular weight excluding hydrogens is 176 g/mol. The molecule has 0 radical (unpaired) electrons. The largest absolute Gasteiger partial charge is 0.497 e. The molecule has 0 saturated heterocycles. The molecule has 2 heteroatoms. The molecule has 0 heterocycles. The molecule has 0 spiro atoms. The maximum atomic E-state index is 5.22. The van der Waals surface area contributed by atoms with Crippen LogP contribution < -0.4 is 9.47 Å². The Morgan fingerprint density at radius 1 is 0.857 bits per heavy atom. The van der Waals surface area contributed by atoms with E-state index < -0.39 is 0 Å². The number of hydrogen-bond acceptors (Lipinski definition) is 2. The number of ether oxygens (including phenoxy) is 2. The van der Waals surface area contributed by atoms with Crippen LogP contribution in [0.3, 0.4) is 0 Å². The summed E-state index contributed by atoms with van der Waals surface area (Å²) < 4.78 is 10.3. The fourth-order valence-corrected chi connectivity index (χ4v) is 1.35. The Balaban J connectivity index is 0.000000791. The third kappa shape index (κ3) is 2.95. The average molecular weight is 196 g/mol. The highest BCUT2D eigenvalue weighted by molar-refractivity contribution is 5.45. The van der Waals surface area contributed by atoms with E-state index >= 15 is 0 Å². The van der Waals surface area contributed by atoms with Crippen LogP contribution in [0, 0.1) is 13.8 Å². The van der Waals surface area contributed by atoms with Crippen molar-refractivity contribution in [3.63, 3.8) is 0 Å². The van der Waals surface area contributed by atoms with E-state index in [4.69, 9.17) is 9.47 Å². The summed E-state index contributed by atoms with van der Waals surface area (Å²) in [5.74, 6) is 1.82. The highest BCUT2D eigenvalue weighted by atomic mass is 16.5. The zero-order valence-electron chi connectivity index (χ0n) is 9.97. The Morgan fingerprint density at radius 3 is 1.57 bits per heavy atom. The molecule has 0 atom stereocenters. The van der Waals surface area contributed by atoms with Gasteiger partial charge in [0.25, 0.3) is 0 Å². The summed E-state index contributed by atoms with van der Waals surface area (Å²) in [4.78, 5) is 0. The minimum absolute atomic E-state index is 0.880. The lowest BCUT2D eigenvalue weighted by Crippen LogP contribution is -1.92. The second-order valence-corrected chi connectivity index (χ2v) is 2.79. The van der Waals surface area contributed by atoms with E-state index in [2.05, 4.69) is 0 Å². The van der Waals surface area contributed by atoms with Gasteiger partial charge in [-0.1, -0.05) is 13.8 Å². The minimum Gasteiger partial charge on any atom is -0.497 e. The Labute approximate surface area is 86.9 Å². The lowest BCUT2D eigenvalue weighted by Gasteiger charge is -2.10. The van der Waals surface area contributed by atoms with Gasteiger partial charge in [-0.3, -0.25) is 0 Å². The van der Waals surface area contributed by atoms with Gasteiger partial charge < -0.3 is 9.47 Å². The minimum atomic E-state index is 0.880. The topological polar surface area (TPSA) is 18.5 Å². The first-order valence-electron chi connectivity index (χ1n) is 4.88. The standard InChI is InChI=1S/C10H14O2.C2H6/c1-7-5-9(11-3)6-8(2)10(7)12-4;1-2/h5-6H,1-4H3;1-2H3. The lowest BCUT2D eigenvalue weighted by atomic mass is 10.1. The van der Waals surface area contributed by atoms with Crippen molar-refractivity contribution in [2.45, 2.75) is 27.7 Å². The molecule has 0 aliphatic heterocycles. The number of hydrogen-bond donors (Lipinski definition) is 0. The molecule has 1 rings (SSSR count). The van der Waals surface area contributed by atoms with Gasteiger partial charge in [-0.25, -0.2) is 0 Å². The number of rotatable bonds is 2. The zero-order chi connectivity index (χ0) is 11.1. The number of benzene rings is 1. The quantitative estimate of drug-likeness (QED) is 0.722. The number of methoxy groups -OCH3 is 2. The first-order valence-corrected chi connectivity index (χ1v) is 4.88. The molecule has 0 fully saturated rings. The monoisotopic (exact) mass is 196 g/mol. The summed E-state index contributed by atoms with van der Waals surface area (Å²) in [5.41, 5.74) is 2.21. The van der Waals surface area contributed by atoms with Crippen LogP contribution in [0.4, 0.5) is 0 Å². The van der Waals surface area contributed by atoms with Crippen molar-refractivity contribution >= 4 is 0 Å². The van der Waals surface area contributed by atoms with Crippen LogP contribution >= 0.6 is 0 Å². The number of aryl methyl sites for hydroxylation is 2. The van der Waals surface area contributed by atoms with Gasteiger partial charge in [-0.2, -0.15) is 0 Å². The summed E-state index contributed by atoms with van der Waals surface area (Å²) in [7, 11) is 3.35. The van der Waals surface area contributed by atoms with Crippen LogP contribution in [0.25, 0.3) is 0 Å². The first-order chi connectivity index (χ1) is 6.69. The molecule has 2 nitrogen and oxygen atoms in total. The fourth-order valence-electron chi connectivity index (χ4n) is 1.35. The van der Waals surface area contributed by atoms with Crippen molar-refractivity contribution in [2.24, 2.45) is 0 Å². The summed E-state index contributed by atoms with van der Waals surface area (Å²) >= 11 is 0. The van der Waals surface area contributed by atoms with Gasteiger partial charge in [0.15, 0.2) is 0 Å². The van der Waals surface area contributed by atoms with E-state index in [9.17, 15) is 0 Å². The highest BCUT2D eigenvalue weighted by Crippen LogP contribution is 2.27. The predicted octanol–water partition coefficient (Wildman–Crippen LogP) is 3.35. The van der Waals surface area contributed by atoms with Crippen molar-refractivity contribution in [3.05, 3.63) is 23.3 Å². The summed E-state index contributed by atoms with van der Waals surface area (Å²) in [5, 5.41) is 0. The summed E-state index contributed by atoms with van der Waals surface area (Å²) in [6.45, 7) is 8.02. The van der Waals surface area contributed by atoms with Crippen LogP contribution in [-0.2, 0) is 0 Å². The molecule has 14 heavy (non-hydrogen) atoms. The molecular formula is C12H20O2. The van der Waals surface area contributed by atoms with Crippen molar-refractivity contribution in [2.75, 3.05) is 14.2 Å². The Hall–Kier alpha value is -1.18. The van der Waals surface area contributed by atoms with Crippen LogP contribution in [-0.4, -0.2) is 14.2 Å². The summed E-state index contributed by atoms with van der Waals surface area (Å²) in [6, 6.07) is 3.93. The molecule has 0 N–H and O–H groups in total. The predicted molar refractivity (Wildman–Crippen MR) is 60.4 cm³/mol. The molecule has 0 aliphatic rings. The SMILES string of the molecule is CC.COc1cc(C)c(OC)c(C)c1. The van der Waals surface area contributed by atoms with E-state index in [1.807, 2.05) is 39.8 Å². The van der Waals surface area contributed by atoms with E-state index in [0.717, 1.165) is 22.6 Å². The fraction of sp³-hybridized carbons (Fsp3) is 0.500. The van der Waals surface area contributed by atoms with Gasteiger partial charge in [0.1, 0.15) is 11.5 Å². The molecule has 1 aromatic rings. The van der Waals surface area contributed by atoms with Gasteiger partial charge in [-0.05, 0) is 37.1 Å².